The van der Waals surface area contributed by atoms with Crippen molar-refractivity contribution in [2.24, 2.45) is 4.99 Å². The Balaban J connectivity index is 2.02. The molecule has 1 atom stereocenters. The lowest BCUT2D eigenvalue weighted by Gasteiger charge is -2.35. The average molecular weight is 265 g/mol. The van der Waals surface area contributed by atoms with Gasteiger partial charge in [0.2, 0.25) is 5.90 Å². The summed E-state index contributed by atoms with van der Waals surface area (Å²) in [5.41, 5.74) is 1.43. The highest BCUT2D eigenvalue weighted by atomic mass is 16.5. The number of nitrogens with zero attached hydrogens (tertiary/aromatic N) is 1. The summed E-state index contributed by atoms with van der Waals surface area (Å²) in [5, 5.41) is 0. The van der Waals surface area contributed by atoms with Crippen LogP contribution in [-0.4, -0.2) is 11.4 Å². The molecule has 0 radical (unpaired) electrons. The maximum absolute atomic E-state index is 6.29. The maximum atomic E-state index is 6.29. The Morgan fingerprint density at radius 1 is 0.800 bits per heavy atom. The fourth-order valence-corrected chi connectivity index (χ4v) is 2.57. The molecule has 0 aliphatic carbocycles. The molecule has 1 heterocycles. The van der Waals surface area contributed by atoms with E-state index >= 15 is 0 Å². The summed E-state index contributed by atoms with van der Waals surface area (Å²) in [6.45, 7) is 6.35. The maximum Gasteiger partial charge on any atom is 0.217 e. The molecule has 20 heavy (non-hydrogen) atoms. The van der Waals surface area contributed by atoms with E-state index in [1.165, 1.54) is 0 Å². The monoisotopic (exact) mass is 265 g/mol. The summed E-state index contributed by atoms with van der Waals surface area (Å²) in [6, 6.07) is 20.4. The number of aliphatic imine (C=N–C) groups is 1. The van der Waals surface area contributed by atoms with Gasteiger partial charge in [-0.25, -0.2) is 4.99 Å². The normalized spacial score (nSPS) is 24.1. The zero-order valence-corrected chi connectivity index (χ0v) is 12.1. The molecular formula is C18H19NO. The van der Waals surface area contributed by atoms with Gasteiger partial charge in [0.05, 0.1) is 0 Å². The first-order chi connectivity index (χ1) is 9.53. The molecule has 2 aromatic carbocycles. The van der Waals surface area contributed by atoms with Crippen molar-refractivity contribution in [3.63, 3.8) is 0 Å². The quantitative estimate of drug-likeness (QED) is 0.799. The van der Waals surface area contributed by atoms with Crippen LogP contribution in [0.3, 0.4) is 0 Å². The Labute approximate surface area is 120 Å². The molecule has 2 aromatic rings. The Morgan fingerprint density at radius 2 is 1.35 bits per heavy atom. The smallest absolute Gasteiger partial charge is 0.217 e. The summed E-state index contributed by atoms with van der Waals surface area (Å²) >= 11 is 0. The van der Waals surface area contributed by atoms with Crippen molar-refractivity contribution in [2.75, 3.05) is 0 Å². The van der Waals surface area contributed by atoms with Gasteiger partial charge in [0, 0.05) is 5.56 Å². The molecule has 0 saturated carbocycles. The van der Waals surface area contributed by atoms with Crippen LogP contribution >= 0.6 is 0 Å². The topological polar surface area (TPSA) is 21.6 Å². The first-order valence-electron chi connectivity index (χ1n) is 6.93. The lowest BCUT2D eigenvalue weighted by Crippen LogP contribution is -2.41. The molecule has 0 bridgehead atoms. The summed E-state index contributed by atoms with van der Waals surface area (Å²) in [6.07, 6.45) is 0. The molecular weight excluding hydrogens is 246 g/mol. The summed E-state index contributed by atoms with van der Waals surface area (Å²) < 4.78 is 6.29. The summed E-state index contributed by atoms with van der Waals surface area (Å²) in [5.74, 6) is 0.724. The number of benzene rings is 2. The van der Waals surface area contributed by atoms with E-state index in [0.717, 1.165) is 17.0 Å². The minimum Gasteiger partial charge on any atom is -0.464 e. The van der Waals surface area contributed by atoms with Crippen molar-refractivity contribution in [1.82, 2.24) is 0 Å². The number of ether oxygens (including phenoxy) is 1. The van der Waals surface area contributed by atoms with Crippen molar-refractivity contribution in [2.45, 2.75) is 31.9 Å². The molecule has 1 aliphatic heterocycles. The number of hydrogen-bond donors (Lipinski definition) is 0. The average Bonchev–Trinajstić information content (AvgIpc) is 2.72. The van der Waals surface area contributed by atoms with Crippen LogP contribution in [0.25, 0.3) is 0 Å². The van der Waals surface area contributed by atoms with Gasteiger partial charge in [-0.05, 0) is 38.5 Å². The van der Waals surface area contributed by atoms with Crippen LogP contribution in [0.4, 0.5) is 0 Å². The minimum atomic E-state index is -0.445. The molecule has 1 aliphatic rings. The Bertz CT molecular complexity index is 631. The predicted octanol–water partition coefficient (Wildman–Crippen LogP) is 4.16. The van der Waals surface area contributed by atoms with Crippen molar-refractivity contribution in [3.8, 4) is 0 Å². The largest absolute Gasteiger partial charge is 0.464 e. The van der Waals surface area contributed by atoms with Gasteiger partial charge in [-0.1, -0.05) is 48.5 Å². The van der Waals surface area contributed by atoms with E-state index in [0.29, 0.717) is 0 Å². The predicted molar refractivity (Wildman–Crippen MR) is 81.9 cm³/mol. The third-order valence-corrected chi connectivity index (χ3v) is 4.19. The molecule has 3 rings (SSSR count). The van der Waals surface area contributed by atoms with E-state index in [1.54, 1.807) is 0 Å². The van der Waals surface area contributed by atoms with E-state index in [1.807, 2.05) is 48.5 Å². The highest BCUT2D eigenvalue weighted by Crippen LogP contribution is 2.44. The zero-order valence-electron chi connectivity index (χ0n) is 12.1. The second kappa shape index (κ2) is 4.48. The van der Waals surface area contributed by atoms with Crippen LogP contribution < -0.4 is 0 Å². The molecule has 102 valence electrons. The van der Waals surface area contributed by atoms with Crippen LogP contribution in [0.1, 0.15) is 31.9 Å². The summed E-state index contributed by atoms with van der Waals surface area (Å²) in [7, 11) is 0. The van der Waals surface area contributed by atoms with E-state index in [2.05, 4.69) is 32.9 Å². The van der Waals surface area contributed by atoms with Gasteiger partial charge in [-0.3, -0.25) is 0 Å². The second-order valence-corrected chi connectivity index (χ2v) is 5.84. The molecule has 2 nitrogen and oxygen atoms in total. The van der Waals surface area contributed by atoms with Gasteiger partial charge in [-0.2, -0.15) is 0 Å². The molecule has 1 unspecified atom stereocenters. The third kappa shape index (κ3) is 1.92. The van der Waals surface area contributed by atoms with Crippen molar-refractivity contribution >= 4 is 5.90 Å². The Morgan fingerprint density at radius 3 is 1.95 bits per heavy atom. The van der Waals surface area contributed by atoms with Crippen molar-refractivity contribution in [1.29, 1.82) is 0 Å². The lowest BCUT2D eigenvalue weighted by atomic mass is 9.80. The third-order valence-electron chi connectivity index (χ3n) is 4.19. The van der Waals surface area contributed by atoms with Gasteiger partial charge in [0.15, 0.2) is 5.60 Å². The lowest BCUT2D eigenvalue weighted by molar-refractivity contribution is 0.0387. The van der Waals surface area contributed by atoms with Crippen molar-refractivity contribution in [3.05, 3.63) is 71.8 Å². The highest BCUT2D eigenvalue weighted by molar-refractivity contribution is 5.96. The van der Waals surface area contributed by atoms with E-state index in [4.69, 9.17) is 9.73 Å². The SMILES string of the molecule is CC1(C)N=C(c2ccccc2)OC1(C)c1ccccc1. The Hall–Kier alpha value is -2.09. The van der Waals surface area contributed by atoms with Crippen LogP contribution in [0.15, 0.2) is 65.7 Å². The first kappa shape index (κ1) is 12.9. The highest BCUT2D eigenvalue weighted by Gasteiger charge is 2.50. The molecule has 0 saturated heterocycles. The first-order valence-corrected chi connectivity index (χ1v) is 6.93. The van der Waals surface area contributed by atoms with Crippen molar-refractivity contribution < 1.29 is 4.74 Å². The fourth-order valence-electron chi connectivity index (χ4n) is 2.57. The molecule has 0 spiro atoms. The van der Waals surface area contributed by atoms with Gasteiger partial charge in [0.25, 0.3) is 0 Å². The molecule has 0 N–H and O–H groups in total. The summed E-state index contributed by atoms with van der Waals surface area (Å²) in [4.78, 5) is 4.81. The fraction of sp³-hybridized carbons (Fsp3) is 0.278. The van der Waals surface area contributed by atoms with Crippen LogP contribution in [-0.2, 0) is 10.3 Å². The standard InChI is InChI=1S/C18H19NO/c1-17(2)18(3,15-12-8-5-9-13-15)20-16(19-17)14-10-6-4-7-11-14/h4-13H,1-3H3. The molecule has 0 fully saturated rings. The zero-order chi connectivity index (χ0) is 14.2. The number of hydrogen-bond acceptors (Lipinski definition) is 2. The van der Waals surface area contributed by atoms with Gasteiger partial charge in [0.1, 0.15) is 5.54 Å². The number of rotatable bonds is 2. The molecule has 0 amide bonds. The van der Waals surface area contributed by atoms with Crippen LogP contribution in [0.2, 0.25) is 0 Å². The van der Waals surface area contributed by atoms with E-state index < -0.39 is 5.60 Å². The Kier molecular flexibility index (Phi) is 2.89. The van der Waals surface area contributed by atoms with Gasteiger partial charge in [-0.15, -0.1) is 0 Å². The molecule has 0 aromatic heterocycles. The van der Waals surface area contributed by atoms with Crippen LogP contribution in [0.5, 0.6) is 0 Å². The van der Waals surface area contributed by atoms with Crippen LogP contribution in [0, 0.1) is 0 Å². The minimum absolute atomic E-state index is 0.306. The van der Waals surface area contributed by atoms with E-state index in [-0.39, 0.29) is 5.54 Å². The second-order valence-electron chi connectivity index (χ2n) is 5.84. The van der Waals surface area contributed by atoms with E-state index in [9.17, 15) is 0 Å². The van der Waals surface area contributed by atoms with Gasteiger partial charge >= 0.3 is 0 Å². The van der Waals surface area contributed by atoms with Gasteiger partial charge < -0.3 is 4.74 Å². The molecule has 2 heteroatoms.